The van der Waals surface area contributed by atoms with E-state index in [1.807, 2.05) is 30.8 Å². The number of carbonyl (C=O) groups excluding carboxylic acids is 1. The van der Waals surface area contributed by atoms with Gasteiger partial charge in [0, 0.05) is 23.9 Å². The van der Waals surface area contributed by atoms with Gasteiger partial charge in [-0.3, -0.25) is 9.48 Å². The summed E-state index contributed by atoms with van der Waals surface area (Å²) >= 11 is 6.09. The predicted molar refractivity (Wildman–Crippen MR) is 68.4 cm³/mol. The minimum atomic E-state index is -0.0236. The van der Waals surface area contributed by atoms with Crippen molar-refractivity contribution in [3.63, 3.8) is 0 Å². The zero-order valence-electron chi connectivity index (χ0n) is 9.99. The van der Waals surface area contributed by atoms with E-state index in [-0.39, 0.29) is 5.78 Å². The normalized spacial score (nSPS) is 10.6. The van der Waals surface area contributed by atoms with Crippen molar-refractivity contribution in [1.29, 1.82) is 0 Å². The van der Waals surface area contributed by atoms with Crippen LogP contribution in [0.25, 0.3) is 11.1 Å². The van der Waals surface area contributed by atoms with Gasteiger partial charge in [0.05, 0.1) is 11.2 Å². The van der Waals surface area contributed by atoms with E-state index in [1.165, 1.54) is 6.92 Å². The number of hydrogen-bond acceptors (Lipinski definition) is 2. The van der Waals surface area contributed by atoms with Crippen LogP contribution in [0.4, 0.5) is 0 Å². The molecule has 0 saturated heterocycles. The minimum absolute atomic E-state index is 0.0236. The number of carbonyl (C=O) groups is 1. The number of aryl methyl sites for hydroxylation is 1. The number of benzene rings is 1. The number of aromatic nitrogens is 2. The molecule has 0 N–H and O–H groups in total. The van der Waals surface area contributed by atoms with Crippen LogP contribution in [0.15, 0.2) is 24.4 Å². The molecule has 1 aromatic heterocycles. The molecular formula is C13H13ClN2O. The number of hydrogen-bond donors (Lipinski definition) is 0. The van der Waals surface area contributed by atoms with Crippen LogP contribution < -0.4 is 0 Å². The van der Waals surface area contributed by atoms with Crippen LogP contribution in [0.3, 0.4) is 0 Å². The van der Waals surface area contributed by atoms with Gasteiger partial charge >= 0.3 is 0 Å². The zero-order chi connectivity index (χ0) is 12.6. The number of Topliss-reactive ketones (excluding diaryl/α,β-unsaturated/α-hetero) is 1. The number of nitrogens with zero attached hydrogens (tertiary/aromatic N) is 2. The highest BCUT2D eigenvalue weighted by atomic mass is 35.5. The molecule has 0 bridgehead atoms. The maximum absolute atomic E-state index is 11.3. The third-order valence-electron chi connectivity index (χ3n) is 2.89. The standard InChI is InChI=1S/C13H13ClN2O/c1-8-12(7-15-16(8)3)10-4-5-11(9(2)17)13(14)6-10/h4-7H,1-3H3. The lowest BCUT2D eigenvalue weighted by molar-refractivity contribution is 0.101. The molecule has 0 aliphatic heterocycles. The molecule has 88 valence electrons. The highest BCUT2D eigenvalue weighted by Gasteiger charge is 2.10. The lowest BCUT2D eigenvalue weighted by Gasteiger charge is -2.04. The molecule has 0 saturated carbocycles. The lowest BCUT2D eigenvalue weighted by Crippen LogP contribution is -1.94. The molecule has 0 atom stereocenters. The second-order valence-corrected chi connectivity index (χ2v) is 4.43. The van der Waals surface area contributed by atoms with Crippen molar-refractivity contribution < 1.29 is 4.79 Å². The average Bonchev–Trinajstić information content (AvgIpc) is 2.59. The Bertz CT molecular complexity index is 587. The molecule has 0 amide bonds. The fourth-order valence-electron chi connectivity index (χ4n) is 1.75. The van der Waals surface area contributed by atoms with Crippen molar-refractivity contribution in [3.8, 4) is 11.1 Å². The van der Waals surface area contributed by atoms with Gasteiger partial charge in [-0.1, -0.05) is 17.7 Å². The van der Waals surface area contributed by atoms with Gasteiger partial charge in [-0.25, -0.2) is 0 Å². The zero-order valence-corrected chi connectivity index (χ0v) is 10.7. The Morgan fingerprint density at radius 3 is 2.59 bits per heavy atom. The summed E-state index contributed by atoms with van der Waals surface area (Å²) < 4.78 is 1.81. The van der Waals surface area contributed by atoms with Crippen LogP contribution in [-0.2, 0) is 7.05 Å². The number of rotatable bonds is 2. The Hall–Kier alpha value is -1.61. The van der Waals surface area contributed by atoms with Crippen LogP contribution in [-0.4, -0.2) is 15.6 Å². The summed E-state index contributed by atoms with van der Waals surface area (Å²) in [6.45, 7) is 3.51. The second-order valence-electron chi connectivity index (χ2n) is 4.02. The quantitative estimate of drug-likeness (QED) is 0.765. The number of ketones is 1. The molecule has 0 unspecified atom stereocenters. The van der Waals surface area contributed by atoms with E-state index in [0.29, 0.717) is 10.6 Å². The monoisotopic (exact) mass is 248 g/mol. The smallest absolute Gasteiger partial charge is 0.161 e. The van der Waals surface area contributed by atoms with E-state index in [0.717, 1.165) is 16.8 Å². The first-order chi connectivity index (χ1) is 8.00. The fraction of sp³-hybridized carbons (Fsp3) is 0.231. The summed E-state index contributed by atoms with van der Waals surface area (Å²) in [7, 11) is 1.89. The van der Waals surface area contributed by atoms with Gasteiger partial charge in [0.2, 0.25) is 0 Å². The van der Waals surface area contributed by atoms with Crippen LogP contribution in [0.5, 0.6) is 0 Å². The molecule has 3 nitrogen and oxygen atoms in total. The first kappa shape index (κ1) is 11.9. The Morgan fingerprint density at radius 2 is 2.12 bits per heavy atom. The Kier molecular flexibility index (Phi) is 3.03. The van der Waals surface area contributed by atoms with Crippen LogP contribution in [0.2, 0.25) is 5.02 Å². The molecule has 1 heterocycles. The third kappa shape index (κ3) is 2.11. The van der Waals surface area contributed by atoms with E-state index in [2.05, 4.69) is 5.10 Å². The third-order valence-corrected chi connectivity index (χ3v) is 3.21. The highest BCUT2D eigenvalue weighted by Crippen LogP contribution is 2.27. The Labute approximate surface area is 105 Å². The van der Waals surface area contributed by atoms with Gasteiger partial charge < -0.3 is 0 Å². The maximum atomic E-state index is 11.3. The molecule has 2 aromatic rings. The Balaban J connectivity index is 2.52. The van der Waals surface area contributed by atoms with Crippen molar-refractivity contribution in [2.75, 3.05) is 0 Å². The van der Waals surface area contributed by atoms with Gasteiger partial charge in [-0.05, 0) is 31.5 Å². The molecule has 17 heavy (non-hydrogen) atoms. The first-order valence-corrected chi connectivity index (χ1v) is 5.68. The van der Waals surface area contributed by atoms with E-state index >= 15 is 0 Å². The summed E-state index contributed by atoms with van der Waals surface area (Å²) in [6.07, 6.45) is 1.80. The van der Waals surface area contributed by atoms with Crippen LogP contribution in [0, 0.1) is 6.92 Å². The molecule has 2 rings (SSSR count). The minimum Gasteiger partial charge on any atom is -0.294 e. The molecule has 0 fully saturated rings. The molecule has 1 aromatic carbocycles. The van der Waals surface area contributed by atoms with E-state index < -0.39 is 0 Å². The van der Waals surface area contributed by atoms with Crippen molar-refractivity contribution in [2.45, 2.75) is 13.8 Å². The summed E-state index contributed by atoms with van der Waals surface area (Å²) in [4.78, 5) is 11.3. The van der Waals surface area contributed by atoms with Gasteiger partial charge in [0.1, 0.15) is 0 Å². The van der Waals surface area contributed by atoms with Crippen molar-refractivity contribution in [1.82, 2.24) is 9.78 Å². The summed E-state index contributed by atoms with van der Waals surface area (Å²) in [5.41, 5.74) is 3.63. The number of halogens is 1. The highest BCUT2D eigenvalue weighted by molar-refractivity contribution is 6.34. The van der Waals surface area contributed by atoms with Gasteiger partial charge in [0.15, 0.2) is 5.78 Å². The first-order valence-electron chi connectivity index (χ1n) is 5.30. The van der Waals surface area contributed by atoms with E-state index in [9.17, 15) is 4.79 Å². The topological polar surface area (TPSA) is 34.9 Å². The van der Waals surface area contributed by atoms with E-state index in [4.69, 9.17) is 11.6 Å². The summed E-state index contributed by atoms with van der Waals surface area (Å²) in [5, 5.41) is 4.67. The van der Waals surface area contributed by atoms with Gasteiger partial charge in [-0.2, -0.15) is 5.10 Å². The molecular weight excluding hydrogens is 236 g/mol. The molecule has 0 aliphatic rings. The average molecular weight is 249 g/mol. The van der Waals surface area contributed by atoms with Crippen molar-refractivity contribution >= 4 is 17.4 Å². The molecule has 4 heteroatoms. The lowest BCUT2D eigenvalue weighted by atomic mass is 10.0. The SMILES string of the molecule is CC(=O)c1ccc(-c2cnn(C)c2C)cc1Cl. The largest absolute Gasteiger partial charge is 0.294 e. The molecule has 0 radical (unpaired) electrons. The Morgan fingerprint density at radius 1 is 1.41 bits per heavy atom. The van der Waals surface area contributed by atoms with Crippen LogP contribution >= 0.6 is 11.6 Å². The second kappa shape index (κ2) is 4.34. The van der Waals surface area contributed by atoms with Gasteiger partial charge in [-0.15, -0.1) is 0 Å². The van der Waals surface area contributed by atoms with Crippen LogP contribution in [0.1, 0.15) is 23.0 Å². The summed E-state index contributed by atoms with van der Waals surface area (Å²) in [5.74, 6) is -0.0236. The maximum Gasteiger partial charge on any atom is 0.161 e. The predicted octanol–water partition coefficient (Wildman–Crippen LogP) is 3.25. The van der Waals surface area contributed by atoms with Crippen molar-refractivity contribution in [3.05, 3.63) is 40.7 Å². The molecule has 0 aliphatic carbocycles. The molecule has 0 spiro atoms. The van der Waals surface area contributed by atoms with Crippen molar-refractivity contribution in [2.24, 2.45) is 7.05 Å². The summed E-state index contributed by atoms with van der Waals surface area (Å²) in [6, 6.07) is 5.46. The van der Waals surface area contributed by atoms with Gasteiger partial charge in [0.25, 0.3) is 0 Å². The van der Waals surface area contributed by atoms with E-state index in [1.54, 1.807) is 12.3 Å². The fourth-order valence-corrected chi connectivity index (χ4v) is 2.06.